The Kier molecular flexibility index (Phi) is 4.47. The van der Waals surface area contributed by atoms with Gasteiger partial charge in [-0.3, -0.25) is 15.6 Å². The van der Waals surface area contributed by atoms with Crippen LogP contribution in [0.3, 0.4) is 0 Å². The molecule has 0 fully saturated rings. The third-order valence-electron chi connectivity index (χ3n) is 2.14. The molecule has 0 atom stereocenters. The molecule has 1 heterocycles. The Bertz CT molecular complexity index is 569. The highest BCUT2D eigenvalue weighted by Crippen LogP contribution is 2.04. The van der Waals surface area contributed by atoms with Gasteiger partial charge in [0.05, 0.1) is 17.4 Å². The van der Waals surface area contributed by atoms with E-state index in [1.54, 1.807) is 6.08 Å². The van der Waals surface area contributed by atoms with Crippen molar-refractivity contribution in [2.75, 3.05) is 5.43 Å². The summed E-state index contributed by atoms with van der Waals surface area (Å²) in [6.45, 7) is 0. The van der Waals surface area contributed by atoms with Gasteiger partial charge in [0.15, 0.2) is 0 Å². The first-order chi connectivity index (χ1) is 9.24. The van der Waals surface area contributed by atoms with Gasteiger partial charge < -0.3 is 0 Å². The lowest BCUT2D eigenvalue weighted by Crippen LogP contribution is -2.28. The molecule has 96 valence electrons. The molecule has 0 spiro atoms. The number of hydrogen-bond donors (Lipinski definition) is 2. The third-order valence-corrected chi connectivity index (χ3v) is 2.34. The maximum Gasteiger partial charge on any atom is 0.262 e. The lowest BCUT2D eigenvalue weighted by molar-refractivity contribution is -0.116. The molecule has 0 radical (unpaired) electrons. The summed E-state index contributed by atoms with van der Waals surface area (Å²) < 4.78 is 0. The minimum Gasteiger partial charge on any atom is -0.268 e. The first kappa shape index (κ1) is 13.0. The minimum atomic E-state index is -0.303. The predicted octanol–water partition coefficient (Wildman–Crippen LogP) is 2.29. The molecule has 2 aromatic rings. The van der Waals surface area contributed by atoms with Gasteiger partial charge in [-0.15, -0.1) is 0 Å². The predicted molar refractivity (Wildman–Crippen MR) is 74.3 cm³/mol. The molecule has 0 aliphatic rings. The van der Waals surface area contributed by atoms with Crippen molar-refractivity contribution in [3.05, 3.63) is 59.4 Å². The minimum absolute atomic E-state index is 0.269. The number of nitrogens with zero attached hydrogens (tertiary/aromatic N) is 2. The SMILES string of the molecule is O=C(C=Cc1ccccc1)NNc1ncc(Cl)cn1. The van der Waals surface area contributed by atoms with Crippen LogP contribution in [-0.4, -0.2) is 15.9 Å². The highest BCUT2D eigenvalue weighted by molar-refractivity contribution is 6.30. The molecule has 2 N–H and O–H groups in total. The van der Waals surface area contributed by atoms with Gasteiger partial charge in [0.2, 0.25) is 5.95 Å². The topological polar surface area (TPSA) is 66.9 Å². The van der Waals surface area contributed by atoms with Crippen LogP contribution >= 0.6 is 11.6 Å². The van der Waals surface area contributed by atoms with Crippen molar-refractivity contribution in [2.24, 2.45) is 0 Å². The van der Waals surface area contributed by atoms with Crippen molar-refractivity contribution in [1.82, 2.24) is 15.4 Å². The lowest BCUT2D eigenvalue weighted by atomic mass is 10.2. The molecule has 0 unspecified atom stereocenters. The zero-order valence-corrected chi connectivity index (χ0v) is 10.6. The molecule has 19 heavy (non-hydrogen) atoms. The van der Waals surface area contributed by atoms with Crippen LogP contribution in [0.2, 0.25) is 5.02 Å². The zero-order chi connectivity index (χ0) is 13.5. The number of hydrazine groups is 1. The number of benzene rings is 1. The van der Waals surface area contributed by atoms with Crippen molar-refractivity contribution < 1.29 is 4.79 Å². The highest BCUT2D eigenvalue weighted by atomic mass is 35.5. The van der Waals surface area contributed by atoms with Gasteiger partial charge in [-0.1, -0.05) is 41.9 Å². The summed E-state index contributed by atoms with van der Waals surface area (Å²) in [6, 6.07) is 9.52. The maximum atomic E-state index is 11.5. The van der Waals surface area contributed by atoms with Crippen LogP contribution in [0.5, 0.6) is 0 Å². The number of carbonyl (C=O) groups is 1. The smallest absolute Gasteiger partial charge is 0.262 e. The van der Waals surface area contributed by atoms with E-state index in [0.717, 1.165) is 5.56 Å². The monoisotopic (exact) mass is 274 g/mol. The van der Waals surface area contributed by atoms with Crippen molar-refractivity contribution >= 4 is 29.5 Å². The van der Waals surface area contributed by atoms with E-state index in [0.29, 0.717) is 5.02 Å². The normalized spacial score (nSPS) is 10.4. The van der Waals surface area contributed by atoms with Crippen LogP contribution in [0, 0.1) is 0 Å². The molecule has 6 heteroatoms. The van der Waals surface area contributed by atoms with Crippen LogP contribution in [0.4, 0.5) is 5.95 Å². The van der Waals surface area contributed by atoms with E-state index in [9.17, 15) is 4.79 Å². The average molecular weight is 275 g/mol. The van der Waals surface area contributed by atoms with Crippen molar-refractivity contribution in [2.45, 2.75) is 0 Å². The fourth-order valence-electron chi connectivity index (χ4n) is 1.27. The van der Waals surface area contributed by atoms with E-state index in [1.807, 2.05) is 30.3 Å². The molecular weight excluding hydrogens is 264 g/mol. The summed E-state index contributed by atoms with van der Waals surface area (Å²) in [7, 11) is 0. The Morgan fingerprint density at radius 3 is 2.53 bits per heavy atom. The van der Waals surface area contributed by atoms with E-state index in [2.05, 4.69) is 20.8 Å². The highest BCUT2D eigenvalue weighted by Gasteiger charge is 1.97. The fraction of sp³-hybridized carbons (Fsp3) is 0. The number of anilines is 1. The first-order valence-electron chi connectivity index (χ1n) is 5.51. The largest absolute Gasteiger partial charge is 0.268 e. The van der Waals surface area contributed by atoms with Gasteiger partial charge in [0.1, 0.15) is 0 Å². The number of nitrogens with one attached hydrogen (secondary N) is 2. The molecule has 1 aromatic carbocycles. The van der Waals surface area contributed by atoms with Gasteiger partial charge >= 0.3 is 0 Å². The van der Waals surface area contributed by atoms with Crippen molar-refractivity contribution in [1.29, 1.82) is 0 Å². The van der Waals surface area contributed by atoms with Crippen LogP contribution in [0.1, 0.15) is 5.56 Å². The summed E-state index contributed by atoms with van der Waals surface area (Å²) in [5.41, 5.74) is 5.97. The van der Waals surface area contributed by atoms with E-state index in [-0.39, 0.29) is 11.9 Å². The number of halogens is 1. The second-order valence-corrected chi connectivity index (χ2v) is 4.02. The first-order valence-corrected chi connectivity index (χ1v) is 5.88. The Morgan fingerprint density at radius 2 is 1.84 bits per heavy atom. The molecule has 5 nitrogen and oxygen atoms in total. The number of carbonyl (C=O) groups excluding carboxylic acids is 1. The molecular formula is C13H11ClN4O. The number of amides is 1. The summed E-state index contributed by atoms with van der Waals surface area (Å²) in [6.07, 6.45) is 5.99. The maximum absolute atomic E-state index is 11.5. The second kappa shape index (κ2) is 6.51. The summed E-state index contributed by atoms with van der Waals surface area (Å²) in [5.74, 6) is -0.0340. The molecule has 0 saturated carbocycles. The van der Waals surface area contributed by atoms with E-state index in [1.165, 1.54) is 18.5 Å². The quantitative estimate of drug-likeness (QED) is 0.663. The molecule has 0 aliphatic heterocycles. The van der Waals surface area contributed by atoms with Crippen LogP contribution in [0.15, 0.2) is 48.8 Å². The number of hydrogen-bond acceptors (Lipinski definition) is 4. The molecule has 1 aromatic heterocycles. The molecule has 0 aliphatic carbocycles. The number of aromatic nitrogens is 2. The Hall–Kier alpha value is -2.40. The van der Waals surface area contributed by atoms with Crippen LogP contribution in [0.25, 0.3) is 6.08 Å². The third kappa shape index (κ3) is 4.40. The summed E-state index contributed by atoms with van der Waals surface area (Å²) >= 11 is 5.64. The van der Waals surface area contributed by atoms with Gasteiger partial charge in [-0.05, 0) is 11.6 Å². The van der Waals surface area contributed by atoms with Crippen LogP contribution < -0.4 is 10.9 Å². The van der Waals surface area contributed by atoms with Gasteiger partial charge in [0, 0.05) is 6.08 Å². The van der Waals surface area contributed by atoms with E-state index < -0.39 is 0 Å². The molecule has 0 saturated heterocycles. The van der Waals surface area contributed by atoms with Crippen molar-refractivity contribution in [3.63, 3.8) is 0 Å². The van der Waals surface area contributed by atoms with E-state index in [4.69, 9.17) is 11.6 Å². The molecule has 2 rings (SSSR count). The second-order valence-electron chi connectivity index (χ2n) is 3.58. The van der Waals surface area contributed by atoms with Gasteiger partial charge in [-0.2, -0.15) is 0 Å². The van der Waals surface area contributed by atoms with Crippen molar-refractivity contribution in [3.8, 4) is 0 Å². The molecule has 1 amide bonds. The van der Waals surface area contributed by atoms with E-state index >= 15 is 0 Å². The average Bonchev–Trinajstić information content (AvgIpc) is 2.45. The summed E-state index contributed by atoms with van der Waals surface area (Å²) in [5, 5.41) is 0.431. The molecule has 0 bridgehead atoms. The van der Waals surface area contributed by atoms with Crippen LogP contribution in [-0.2, 0) is 4.79 Å². The number of rotatable bonds is 4. The zero-order valence-electron chi connectivity index (χ0n) is 9.88. The Labute approximate surface area is 115 Å². The summed E-state index contributed by atoms with van der Waals surface area (Å²) in [4.78, 5) is 19.3. The standard InChI is InChI=1S/C13H11ClN4O/c14-11-8-15-13(16-9-11)18-17-12(19)7-6-10-4-2-1-3-5-10/h1-9H,(H,17,19)(H,15,16,18). The van der Waals surface area contributed by atoms with Gasteiger partial charge in [-0.25, -0.2) is 9.97 Å². The van der Waals surface area contributed by atoms with Gasteiger partial charge in [0.25, 0.3) is 5.91 Å². The fourth-order valence-corrected chi connectivity index (χ4v) is 1.37. The lowest BCUT2D eigenvalue weighted by Gasteiger charge is -2.03. The Balaban J connectivity index is 1.85. The Morgan fingerprint density at radius 1 is 1.16 bits per heavy atom.